The van der Waals surface area contributed by atoms with Gasteiger partial charge in [-0.1, -0.05) is 48.5 Å². The van der Waals surface area contributed by atoms with E-state index in [9.17, 15) is 9.59 Å². The zero-order valence-corrected chi connectivity index (χ0v) is 12.6. The zero-order chi connectivity index (χ0) is 16.8. The van der Waals surface area contributed by atoms with Gasteiger partial charge in [0.05, 0.1) is 6.21 Å². The van der Waals surface area contributed by atoms with Crippen molar-refractivity contribution in [2.75, 3.05) is 5.32 Å². The maximum Gasteiger partial charge on any atom is 0.329 e. The van der Waals surface area contributed by atoms with E-state index in [1.807, 2.05) is 42.5 Å². The molecule has 0 saturated heterocycles. The maximum atomic E-state index is 11.7. The molecule has 0 atom stereocenters. The summed E-state index contributed by atoms with van der Waals surface area (Å²) in [6.45, 7) is 0. The van der Waals surface area contributed by atoms with Gasteiger partial charge in [-0.15, -0.1) is 0 Å². The first-order valence-corrected chi connectivity index (χ1v) is 7.27. The highest BCUT2D eigenvalue weighted by Gasteiger charge is 2.13. The van der Waals surface area contributed by atoms with Crippen LogP contribution in [0.4, 0.5) is 5.82 Å². The molecule has 0 aliphatic heterocycles. The minimum atomic E-state index is -0.864. The van der Waals surface area contributed by atoms with Gasteiger partial charge in [0.25, 0.3) is 0 Å². The molecule has 1 heterocycles. The van der Waals surface area contributed by atoms with E-state index in [1.165, 1.54) is 12.4 Å². The predicted octanol–water partition coefficient (Wildman–Crippen LogP) is 2.32. The number of anilines is 1. The standard InChI is InChI=1S/C18H14N4O2/c23-17(21-16-10-3-4-11-19-16)18(24)22-20-12-14-8-5-7-13-6-1-2-9-15(13)14/h1-12H,(H,22,24)(H,19,21,23). The van der Waals surface area contributed by atoms with Crippen LogP contribution in [0, 0.1) is 0 Å². The van der Waals surface area contributed by atoms with Crippen LogP contribution in [0.5, 0.6) is 0 Å². The molecule has 0 radical (unpaired) electrons. The third kappa shape index (κ3) is 3.61. The quantitative estimate of drug-likeness (QED) is 0.441. The fourth-order valence-corrected chi connectivity index (χ4v) is 2.18. The molecule has 3 rings (SSSR count). The summed E-state index contributed by atoms with van der Waals surface area (Å²) in [4.78, 5) is 27.4. The molecular formula is C18H14N4O2. The number of carbonyl (C=O) groups is 2. The van der Waals surface area contributed by atoms with Crippen molar-refractivity contribution >= 4 is 34.6 Å². The molecule has 0 spiro atoms. The summed E-state index contributed by atoms with van der Waals surface area (Å²) >= 11 is 0. The monoisotopic (exact) mass is 318 g/mol. The van der Waals surface area contributed by atoms with Crippen molar-refractivity contribution in [2.24, 2.45) is 5.10 Å². The third-order valence-corrected chi connectivity index (χ3v) is 3.31. The molecule has 2 N–H and O–H groups in total. The van der Waals surface area contributed by atoms with Crippen LogP contribution in [-0.4, -0.2) is 23.0 Å². The summed E-state index contributed by atoms with van der Waals surface area (Å²) in [6, 6.07) is 18.6. The van der Waals surface area contributed by atoms with E-state index < -0.39 is 11.8 Å². The fraction of sp³-hybridized carbons (Fsp3) is 0. The maximum absolute atomic E-state index is 11.7. The molecule has 118 valence electrons. The summed E-state index contributed by atoms with van der Waals surface area (Å²) in [7, 11) is 0. The van der Waals surface area contributed by atoms with E-state index in [4.69, 9.17) is 0 Å². The van der Waals surface area contributed by atoms with Crippen molar-refractivity contribution in [3.8, 4) is 0 Å². The van der Waals surface area contributed by atoms with Gasteiger partial charge in [0.15, 0.2) is 0 Å². The Hall–Kier alpha value is -3.54. The number of nitrogens with one attached hydrogen (secondary N) is 2. The Bertz CT molecular complexity index is 902. The van der Waals surface area contributed by atoms with Crippen molar-refractivity contribution in [3.63, 3.8) is 0 Å². The van der Waals surface area contributed by atoms with Gasteiger partial charge in [0.1, 0.15) is 5.82 Å². The Morgan fingerprint density at radius 2 is 1.71 bits per heavy atom. The van der Waals surface area contributed by atoms with Crippen LogP contribution in [0.1, 0.15) is 5.56 Å². The Balaban J connectivity index is 1.65. The first-order valence-electron chi connectivity index (χ1n) is 7.27. The minimum absolute atomic E-state index is 0.302. The van der Waals surface area contributed by atoms with Crippen LogP contribution < -0.4 is 10.7 Å². The first kappa shape index (κ1) is 15.4. The van der Waals surface area contributed by atoms with Gasteiger partial charge in [0.2, 0.25) is 0 Å². The van der Waals surface area contributed by atoms with Gasteiger partial charge < -0.3 is 5.32 Å². The number of benzene rings is 2. The molecule has 0 aliphatic carbocycles. The molecule has 0 saturated carbocycles. The van der Waals surface area contributed by atoms with E-state index in [0.717, 1.165) is 16.3 Å². The fourth-order valence-electron chi connectivity index (χ4n) is 2.18. The van der Waals surface area contributed by atoms with Crippen LogP contribution in [0.15, 0.2) is 72.0 Å². The summed E-state index contributed by atoms with van der Waals surface area (Å²) in [6.07, 6.45) is 3.03. The van der Waals surface area contributed by atoms with Gasteiger partial charge in [-0.2, -0.15) is 5.10 Å². The first-order chi connectivity index (χ1) is 11.7. The number of rotatable bonds is 3. The number of nitrogens with zero attached hydrogens (tertiary/aromatic N) is 2. The molecule has 6 nitrogen and oxygen atoms in total. The number of hydrogen-bond donors (Lipinski definition) is 2. The molecule has 6 heteroatoms. The van der Waals surface area contributed by atoms with Crippen LogP contribution in [0.3, 0.4) is 0 Å². The van der Waals surface area contributed by atoms with Crippen molar-refractivity contribution in [2.45, 2.75) is 0 Å². The minimum Gasteiger partial charge on any atom is -0.302 e. The van der Waals surface area contributed by atoms with Crippen molar-refractivity contribution in [1.29, 1.82) is 0 Å². The van der Waals surface area contributed by atoms with Crippen molar-refractivity contribution < 1.29 is 9.59 Å². The largest absolute Gasteiger partial charge is 0.329 e. The molecule has 0 aliphatic rings. The molecular weight excluding hydrogens is 304 g/mol. The molecule has 2 amide bonds. The lowest BCUT2D eigenvalue weighted by atomic mass is 10.1. The Morgan fingerprint density at radius 1 is 0.917 bits per heavy atom. The van der Waals surface area contributed by atoms with Gasteiger partial charge >= 0.3 is 11.8 Å². The molecule has 0 bridgehead atoms. The van der Waals surface area contributed by atoms with E-state index in [0.29, 0.717) is 5.82 Å². The van der Waals surface area contributed by atoms with Crippen molar-refractivity contribution in [1.82, 2.24) is 10.4 Å². The summed E-state index contributed by atoms with van der Waals surface area (Å²) in [5.41, 5.74) is 3.05. The van der Waals surface area contributed by atoms with Gasteiger partial charge in [0, 0.05) is 11.8 Å². The smallest absolute Gasteiger partial charge is 0.302 e. The topological polar surface area (TPSA) is 83.5 Å². The van der Waals surface area contributed by atoms with Crippen LogP contribution in [0.25, 0.3) is 10.8 Å². The van der Waals surface area contributed by atoms with E-state index in [1.54, 1.807) is 18.2 Å². The molecule has 0 fully saturated rings. The van der Waals surface area contributed by atoms with Crippen LogP contribution >= 0.6 is 0 Å². The second-order valence-corrected chi connectivity index (χ2v) is 4.94. The number of amides is 2. The van der Waals surface area contributed by atoms with Crippen molar-refractivity contribution in [3.05, 3.63) is 72.4 Å². The van der Waals surface area contributed by atoms with Crippen LogP contribution in [-0.2, 0) is 9.59 Å². The SMILES string of the molecule is O=C(NN=Cc1cccc2ccccc12)C(=O)Nc1ccccn1. The summed E-state index contributed by atoms with van der Waals surface area (Å²) < 4.78 is 0. The average molecular weight is 318 g/mol. The van der Waals surface area contributed by atoms with Gasteiger partial charge in [-0.05, 0) is 22.9 Å². The molecule has 1 aromatic heterocycles. The lowest BCUT2D eigenvalue weighted by Gasteiger charge is -2.03. The number of pyridine rings is 1. The van der Waals surface area contributed by atoms with Gasteiger partial charge in [-0.3, -0.25) is 9.59 Å². The van der Waals surface area contributed by atoms with E-state index in [2.05, 4.69) is 20.8 Å². The highest BCUT2D eigenvalue weighted by molar-refractivity contribution is 6.39. The molecule has 0 unspecified atom stereocenters. The second kappa shape index (κ2) is 7.15. The zero-order valence-electron chi connectivity index (χ0n) is 12.6. The third-order valence-electron chi connectivity index (χ3n) is 3.31. The second-order valence-electron chi connectivity index (χ2n) is 4.94. The lowest BCUT2D eigenvalue weighted by molar-refractivity contribution is -0.136. The molecule has 24 heavy (non-hydrogen) atoms. The van der Waals surface area contributed by atoms with E-state index >= 15 is 0 Å². The van der Waals surface area contributed by atoms with E-state index in [-0.39, 0.29) is 0 Å². The number of carbonyl (C=O) groups excluding carboxylic acids is 2. The Labute approximate surface area is 138 Å². The van der Waals surface area contributed by atoms with Crippen LogP contribution in [0.2, 0.25) is 0 Å². The number of aromatic nitrogens is 1. The average Bonchev–Trinajstić information content (AvgIpc) is 2.62. The normalized spacial score (nSPS) is 10.7. The number of hydrogen-bond acceptors (Lipinski definition) is 4. The lowest BCUT2D eigenvalue weighted by Crippen LogP contribution is -2.32. The molecule has 2 aromatic carbocycles. The number of hydrazone groups is 1. The number of fused-ring (bicyclic) bond motifs is 1. The summed E-state index contributed by atoms with van der Waals surface area (Å²) in [5, 5.41) is 8.31. The Kier molecular flexibility index (Phi) is 4.57. The highest BCUT2D eigenvalue weighted by Crippen LogP contribution is 2.16. The Morgan fingerprint density at radius 3 is 2.54 bits per heavy atom. The summed E-state index contributed by atoms with van der Waals surface area (Å²) in [5.74, 6) is -1.39. The molecule has 3 aromatic rings. The highest BCUT2D eigenvalue weighted by atomic mass is 16.2. The van der Waals surface area contributed by atoms with Gasteiger partial charge in [-0.25, -0.2) is 10.4 Å². The predicted molar refractivity (Wildman–Crippen MR) is 92.6 cm³/mol.